The van der Waals surface area contributed by atoms with Gasteiger partial charge in [-0.1, -0.05) is 42.5 Å². The molecule has 0 aliphatic heterocycles. The summed E-state index contributed by atoms with van der Waals surface area (Å²) >= 11 is 0. The van der Waals surface area contributed by atoms with E-state index in [0.717, 1.165) is 34.9 Å². The second-order valence-corrected chi connectivity index (χ2v) is 6.32. The van der Waals surface area contributed by atoms with E-state index in [9.17, 15) is 4.79 Å². The van der Waals surface area contributed by atoms with Gasteiger partial charge < -0.3 is 11.1 Å². The molecule has 1 aliphatic rings. The maximum Gasteiger partial charge on any atom is 0.242 e. The Morgan fingerprint density at radius 2 is 1.88 bits per heavy atom. The second kappa shape index (κ2) is 6.09. The van der Waals surface area contributed by atoms with Gasteiger partial charge in [0, 0.05) is 17.6 Å². The summed E-state index contributed by atoms with van der Waals surface area (Å²) in [5.41, 5.74) is 9.35. The van der Waals surface area contributed by atoms with Crippen LogP contribution in [0.5, 0.6) is 0 Å². The Labute approximate surface area is 140 Å². The molecule has 3 N–H and O–H groups in total. The molecule has 0 bridgehead atoms. The van der Waals surface area contributed by atoms with Crippen LogP contribution in [0.3, 0.4) is 0 Å². The smallest absolute Gasteiger partial charge is 0.242 e. The number of hydrogen-bond donors (Lipinski definition) is 2. The van der Waals surface area contributed by atoms with Crippen molar-refractivity contribution < 1.29 is 4.79 Å². The van der Waals surface area contributed by atoms with Crippen molar-refractivity contribution in [1.82, 2.24) is 15.1 Å². The minimum Gasteiger partial charge on any atom is -0.348 e. The van der Waals surface area contributed by atoms with Crippen molar-refractivity contribution in [3.05, 3.63) is 65.9 Å². The van der Waals surface area contributed by atoms with Gasteiger partial charge in [-0.15, -0.1) is 0 Å². The van der Waals surface area contributed by atoms with Crippen molar-refractivity contribution in [3.63, 3.8) is 0 Å². The number of nitrogens with one attached hydrogen (secondary N) is 1. The van der Waals surface area contributed by atoms with Gasteiger partial charge in [0.15, 0.2) is 0 Å². The number of nitrogens with zero attached hydrogens (tertiary/aromatic N) is 2. The van der Waals surface area contributed by atoms with Crippen LogP contribution in [0.15, 0.2) is 54.7 Å². The fourth-order valence-corrected chi connectivity index (χ4v) is 3.46. The first-order valence-corrected chi connectivity index (χ1v) is 8.26. The minimum absolute atomic E-state index is 0.0264. The van der Waals surface area contributed by atoms with E-state index >= 15 is 0 Å². The molecule has 5 nitrogen and oxygen atoms in total. The van der Waals surface area contributed by atoms with Crippen molar-refractivity contribution in [2.24, 2.45) is 5.73 Å². The van der Waals surface area contributed by atoms with E-state index in [1.54, 1.807) is 4.68 Å². The van der Waals surface area contributed by atoms with Crippen molar-refractivity contribution in [1.29, 1.82) is 0 Å². The molecule has 2 aromatic carbocycles. The predicted octanol–water partition coefficient (Wildman–Crippen LogP) is 2.69. The van der Waals surface area contributed by atoms with Crippen molar-refractivity contribution >= 4 is 16.8 Å². The molecule has 0 saturated carbocycles. The number of nitrogens with two attached hydrogens (primary N) is 1. The fraction of sp³-hybridized carbons (Fsp3) is 0.263. The van der Waals surface area contributed by atoms with Crippen LogP contribution in [0.2, 0.25) is 0 Å². The summed E-state index contributed by atoms with van der Waals surface area (Å²) in [7, 11) is 0. The Bertz CT molecular complexity index is 853. The Hall–Kier alpha value is -2.66. The number of rotatable bonds is 3. The molecule has 4 rings (SSSR count). The summed E-state index contributed by atoms with van der Waals surface area (Å²) in [4.78, 5) is 12.4. The van der Waals surface area contributed by atoms with E-state index in [4.69, 9.17) is 5.73 Å². The van der Waals surface area contributed by atoms with Crippen LogP contribution in [0.4, 0.5) is 0 Å². The summed E-state index contributed by atoms with van der Waals surface area (Å²) < 4.78 is 1.69. The number of benzene rings is 2. The summed E-state index contributed by atoms with van der Waals surface area (Å²) in [6.07, 6.45) is 3.65. The lowest BCUT2D eigenvalue weighted by Gasteiger charge is -2.30. The molecule has 122 valence electrons. The molecule has 1 amide bonds. The quantitative estimate of drug-likeness (QED) is 0.779. The Morgan fingerprint density at radius 1 is 1.12 bits per heavy atom. The molecule has 2 atom stereocenters. The van der Waals surface area contributed by atoms with Crippen molar-refractivity contribution in [2.45, 2.75) is 31.5 Å². The van der Waals surface area contributed by atoms with Crippen LogP contribution in [0.1, 0.15) is 36.1 Å². The van der Waals surface area contributed by atoms with Gasteiger partial charge in [0.05, 0.1) is 11.6 Å². The van der Waals surface area contributed by atoms with Crippen LogP contribution >= 0.6 is 0 Å². The highest BCUT2D eigenvalue weighted by atomic mass is 16.2. The Kier molecular flexibility index (Phi) is 3.78. The maximum atomic E-state index is 12.4. The maximum absolute atomic E-state index is 12.4. The average Bonchev–Trinajstić information content (AvgIpc) is 3.00. The molecule has 1 aromatic heterocycles. The zero-order chi connectivity index (χ0) is 16.5. The number of carbonyl (C=O) groups excluding carboxylic acids is 1. The largest absolute Gasteiger partial charge is 0.348 e. The first-order chi connectivity index (χ1) is 11.7. The summed E-state index contributed by atoms with van der Waals surface area (Å²) in [6.45, 7) is 0.222. The van der Waals surface area contributed by atoms with E-state index < -0.39 is 0 Å². The number of carbonyl (C=O) groups is 1. The van der Waals surface area contributed by atoms with Crippen molar-refractivity contribution in [2.75, 3.05) is 0 Å². The molecule has 1 aliphatic carbocycles. The van der Waals surface area contributed by atoms with Crippen LogP contribution in [0, 0.1) is 0 Å². The van der Waals surface area contributed by atoms with Crippen LogP contribution in [-0.2, 0) is 11.3 Å². The fourth-order valence-electron chi connectivity index (χ4n) is 3.46. The average molecular weight is 320 g/mol. The van der Waals surface area contributed by atoms with Gasteiger partial charge in [0.1, 0.15) is 6.54 Å². The molecule has 3 aromatic rings. The molecule has 5 heteroatoms. The van der Waals surface area contributed by atoms with Gasteiger partial charge in [-0.3, -0.25) is 9.48 Å². The molecule has 0 spiro atoms. The number of hydrogen-bond acceptors (Lipinski definition) is 3. The molecule has 2 unspecified atom stereocenters. The van der Waals surface area contributed by atoms with Gasteiger partial charge in [0.25, 0.3) is 0 Å². The first kappa shape index (κ1) is 14.9. The van der Waals surface area contributed by atoms with Crippen molar-refractivity contribution in [3.8, 4) is 0 Å². The lowest BCUT2D eigenvalue weighted by molar-refractivity contribution is -0.122. The minimum atomic E-state index is -0.0296. The highest BCUT2D eigenvalue weighted by Gasteiger charge is 2.25. The zero-order valence-electron chi connectivity index (χ0n) is 13.4. The standard InChI is InChI=1S/C19H20N4O/c20-16-9-10-18(15-7-3-2-6-14(15)16)21-19(24)12-23-11-13-5-1-4-8-17(13)22-23/h1-8,11,16,18H,9-10,12,20H2,(H,21,24). The van der Waals surface area contributed by atoms with E-state index in [2.05, 4.69) is 22.5 Å². The molecular weight excluding hydrogens is 300 g/mol. The van der Waals surface area contributed by atoms with Gasteiger partial charge in [0.2, 0.25) is 5.91 Å². The second-order valence-electron chi connectivity index (χ2n) is 6.32. The zero-order valence-corrected chi connectivity index (χ0v) is 13.4. The summed E-state index contributed by atoms with van der Waals surface area (Å²) in [5, 5.41) is 8.61. The van der Waals surface area contributed by atoms with E-state index in [1.807, 2.05) is 42.6 Å². The van der Waals surface area contributed by atoms with Gasteiger partial charge in [-0.25, -0.2) is 0 Å². The predicted molar refractivity (Wildman–Crippen MR) is 93.2 cm³/mol. The Morgan fingerprint density at radius 3 is 2.71 bits per heavy atom. The van der Waals surface area contributed by atoms with E-state index in [1.165, 1.54) is 0 Å². The van der Waals surface area contributed by atoms with E-state index in [-0.39, 0.29) is 24.5 Å². The third-order valence-electron chi connectivity index (χ3n) is 4.64. The topological polar surface area (TPSA) is 72.9 Å². The first-order valence-electron chi connectivity index (χ1n) is 8.26. The molecular formula is C19H20N4O. The molecule has 0 fully saturated rings. The highest BCUT2D eigenvalue weighted by molar-refractivity contribution is 5.80. The monoisotopic (exact) mass is 320 g/mol. The summed E-state index contributed by atoms with van der Waals surface area (Å²) in [5.74, 6) is -0.0296. The van der Waals surface area contributed by atoms with Gasteiger partial charge in [-0.2, -0.15) is 5.10 Å². The lowest BCUT2D eigenvalue weighted by atomic mass is 9.84. The number of aromatic nitrogens is 2. The summed E-state index contributed by atoms with van der Waals surface area (Å²) in [6, 6.07) is 16.1. The third-order valence-corrected chi connectivity index (χ3v) is 4.64. The van der Waals surface area contributed by atoms with Gasteiger partial charge >= 0.3 is 0 Å². The SMILES string of the molecule is NC1CCC(NC(=O)Cn2cc3ccccc3n2)c2ccccc21. The lowest BCUT2D eigenvalue weighted by Crippen LogP contribution is -2.35. The Balaban J connectivity index is 1.49. The van der Waals surface area contributed by atoms with Crippen LogP contribution in [0.25, 0.3) is 10.9 Å². The molecule has 1 heterocycles. The van der Waals surface area contributed by atoms with Crippen LogP contribution in [-0.4, -0.2) is 15.7 Å². The molecule has 0 saturated heterocycles. The number of amides is 1. The number of fused-ring (bicyclic) bond motifs is 2. The molecule has 24 heavy (non-hydrogen) atoms. The molecule has 0 radical (unpaired) electrons. The van der Waals surface area contributed by atoms with Crippen LogP contribution < -0.4 is 11.1 Å². The third kappa shape index (κ3) is 2.78. The van der Waals surface area contributed by atoms with E-state index in [0.29, 0.717) is 0 Å². The normalized spacial score (nSPS) is 19.9. The van der Waals surface area contributed by atoms with Gasteiger partial charge in [-0.05, 0) is 30.0 Å². The highest BCUT2D eigenvalue weighted by Crippen LogP contribution is 2.34.